The second-order valence-corrected chi connectivity index (χ2v) is 15.1. The van der Waals surface area contributed by atoms with E-state index in [0.29, 0.717) is 13.0 Å². The number of nitrogens with two attached hydrogens (primary N) is 1. The number of hydrogen-bond acceptors (Lipinski definition) is 6. The summed E-state index contributed by atoms with van der Waals surface area (Å²) < 4.78 is 0. The van der Waals surface area contributed by atoms with Gasteiger partial charge in [-0.25, -0.2) is 0 Å². The van der Waals surface area contributed by atoms with Gasteiger partial charge in [-0.05, 0) is 55.7 Å². The van der Waals surface area contributed by atoms with Crippen LogP contribution in [0.15, 0.2) is 91.0 Å². The van der Waals surface area contributed by atoms with E-state index < -0.39 is 37.0 Å². The summed E-state index contributed by atoms with van der Waals surface area (Å²) in [4.78, 5) is 49.5. The third kappa shape index (κ3) is 7.65. The molecular formula is C32H37N3O5PS+. The molecule has 1 fully saturated rings. The molecule has 1 aliphatic heterocycles. The molecule has 4 N–H and O–H groups in total. The largest absolute Gasteiger partial charge is 0.480 e. The van der Waals surface area contributed by atoms with Crippen LogP contribution in [0.4, 0.5) is 0 Å². The lowest BCUT2D eigenvalue weighted by Crippen LogP contribution is -2.44. The molecule has 1 heterocycles. The normalized spacial score (nSPS) is 15.9. The number of carboxylic acids is 1. The first kappa shape index (κ1) is 31.4. The highest BCUT2D eigenvalue weighted by atomic mass is 32.2. The Morgan fingerprint density at radius 1 is 0.881 bits per heavy atom. The zero-order valence-corrected chi connectivity index (χ0v) is 25.1. The third-order valence-corrected chi connectivity index (χ3v) is 13.2. The van der Waals surface area contributed by atoms with E-state index in [1.807, 2.05) is 18.2 Å². The zero-order chi connectivity index (χ0) is 30.0. The summed E-state index contributed by atoms with van der Waals surface area (Å²) in [5.74, 6) is -2.10. The van der Waals surface area contributed by atoms with Crippen LogP contribution in [-0.2, 0) is 19.2 Å². The van der Waals surface area contributed by atoms with Crippen molar-refractivity contribution in [1.29, 1.82) is 0 Å². The van der Waals surface area contributed by atoms with Gasteiger partial charge in [0.05, 0.1) is 17.5 Å². The lowest BCUT2D eigenvalue weighted by atomic mass is 10.2. The average molecular weight is 607 g/mol. The van der Waals surface area contributed by atoms with E-state index in [4.69, 9.17) is 10.8 Å². The van der Waals surface area contributed by atoms with Crippen molar-refractivity contribution in [2.75, 3.05) is 25.0 Å². The fraction of sp³-hybridized carbons (Fsp3) is 0.312. The number of nitrogens with one attached hydrogen (secondary N) is 1. The third-order valence-electron chi connectivity index (χ3n) is 7.40. The highest BCUT2D eigenvalue weighted by Gasteiger charge is 2.44. The van der Waals surface area contributed by atoms with E-state index in [-0.39, 0.29) is 24.0 Å². The van der Waals surface area contributed by atoms with Gasteiger partial charge in [0, 0.05) is 18.7 Å². The molecule has 1 unspecified atom stereocenters. The Kier molecular flexibility index (Phi) is 11.3. The summed E-state index contributed by atoms with van der Waals surface area (Å²) in [6, 6.07) is 31.2. The summed E-state index contributed by atoms with van der Waals surface area (Å²) in [5.41, 5.74) is 5.84. The Balaban J connectivity index is 1.36. The molecule has 42 heavy (non-hydrogen) atoms. The van der Waals surface area contributed by atoms with Crippen molar-refractivity contribution in [2.24, 2.45) is 5.73 Å². The smallest absolute Gasteiger partial charge is 0.322 e. The molecular weight excluding hydrogens is 569 g/mol. The molecule has 10 heteroatoms. The van der Waals surface area contributed by atoms with Gasteiger partial charge in [0.2, 0.25) is 17.7 Å². The maximum absolute atomic E-state index is 13.0. The molecule has 4 rings (SSSR count). The van der Waals surface area contributed by atoms with Crippen LogP contribution in [0.1, 0.15) is 25.7 Å². The second-order valence-electron chi connectivity index (χ2n) is 10.2. The van der Waals surface area contributed by atoms with E-state index in [0.717, 1.165) is 19.0 Å². The topological polar surface area (TPSA) is 130 Å². The molecule has 1 saturated heterocycles. The minimum Gasteiger partial charge on any atom is -0.480 e. The van der Waals surface area contributed by atoms with Gasteiger partial charge in [-0.3, -0.25) is 24.1 Å². The van der Waals surface area contributed by atoms with Crippen molar-refractivity contribution in [3.8, 4) is 0 Å². The molecule has 2 atom stereocenters. The Labute approximate surface area is 251 Å². The zero-order valence-electron chi connectivity index (χ0n) is 23.4. The first-order valence-electron chi connectivity index (χ1n) is 14.1. The van der Waals surface area contributed by atoms with E-state index in [1.54, 1.807) is 0 Å². The van der Waals surface area contributed by atoms with Gasteiger partial charge in [-0.2, -0.15) is 0 Å². The number of carbonyl (C=O) groups is 4. The SMILES string of the molecule is N[C@@H](CSC1CC(=O)N(CCCCC[P+](c2ccccc2)(c2ccccc2)c2ccccc2)C1=O)C(=O)NCC(=O)O. The van der Waals surface area contributed by atoms with Gasteiger partial charge < -0.3 is 16.2 Å². The fourth-order valence-corrected chi connectivity index (χ4v) is 10.8. The van der Waals surface area contributed by atoms with E-state index in [9.17, 15) is 19.2 Å². The van der Waals surface area contributed by atoms with Crippen molar-refractivity contribution in [3.05, 3.63) is 91.0 Å². The van der Waals surface area contributed by atoms with Gasteiger partial charge in [0.1, 0.15) is 29.7 Å². The highest BCUT2D eigenvalue weighted by molar-refractivity contribution is 8.00. The van der Waals surface area contributed by atoms with Crippen LogP contribution in [0.5, 0.6) is 0 Å². The van der Waals surface area contributed by atoms with Gasteiger partial charge in [0.15, 0.2) is 0 Å². The number of rotatable bonds is 15. The Morgan fingerprint density at radius 3 is 1.90 bits per heavy atom. The molecule has 3 aromatic rings. The molecule has 0 aromatic heterocycles. The maximum Gasteiger partial charge on any atom is 0.322 e. The molecule has 0 bridgehead atoms. The van der Waals surface area contributed by atoms with Gasteiger partial charge in [0.25, 0.3) is 0 Å². The summed E-state index contributed by atoms with van der Waals surface area (Å²) >= 11 is 1.17. The molecule has 0 spiro atoms. The quantitative estimate of drug-likeness (QED) is 0.138. The molecule has 0 saturated carbocycles. The van der Waals surface area contributed by atoms with Crippen molar-refractivity contribution in [2.45, 2.75) is 37.0 Å². The number of carboxylic acid groups (broad SMARTS) is 1. The van der Waals surface area contributed by atoms with Gasteiger partial charge in [-0.15, -0.1) is 11.8 Å². The predicted molar refractivity (Wildman–Crippen MR) is 170 cm³/mol. The molecule has 1 aliphatic rings. The van der Waals surface area contributed by atoms with Crippen molar-refractivity contribution in [1.82, 2.24) is 10.2 Å². The van der Waals surface area contributed by atoms with Crippen molar-refractivity contribution >= 4 is 58.6 Å². The van der Waals surface area contributed by atoms with Crippen LogP contribution in [0.2, 0.25) is 0 Å². The number of carbonyl (C=O) groups excluding carboxylic acids is 3. The second kappa shape index (κ2) is 15.1. The average Bonchev–Trinajstić information content (AvgIpc) is 3.29. The van der Waals surface area contributed by atoms with Gasteiger partial charge >= 0.3 is 5.97 Å². The van der Waals surface area contributed by atoms with Crippen LogP contribution in [-0.4, -0.2) is 70.0 Å². The monoisotopic (exact) mass is 606 g/mol. The fourth-order valence-electron chi connectivity index (χ4n) is 5.28. The standard InChI is InChI=1S/C32H36N3O5PS/c33-27(31(39)34-22-30(37)38)23-42-28-21-29(36)35(32(28)40)19-11-4-12-20-41(24-13-5-1-6-14-24,25-15-7-2-8-16-25)26-17-9-3-10-18-26/h1-3,5-10,13-18,27-28H,4,11-12,19-23,33H2,(H-,34,37,38,39)/p+1/t27-,28?/m0/s1. The lowest BCUT2D eigenvalue weighted by Gasteiger charge is -2.27. The molecule has 0 aliphatic carbocycles. The van der Waals surface area contributed by atoms with Gasteiger partial charge in [-0.1, -0.05) is 54.6 Å². The summed E-state index contributed by atoms with van der Waals surface area (Å²) in [7, 11) is -1.92. The first-order chi connectivity index (χ1) is 20.3. The summed E-state index contributed by atoms with van der Waals surface area (Å²) in [6.07, 6.45) is 3.59. The molecule has 3 aromatic carbocycles. The number of amides is 3. The Bertz CT molecular complexity index is 1260. The van der Waals surface area contributed by atoms with Crippen molar-refractivity contribution < 1.29 is 24.3 Å². The van der Waals surface area contributed by atoms with Crippen LogP contribution in [0.25, 0.3) is 0 Å². The minimum absolute atomic E-state index is 0.0810. The number of unbranched alkanes of at least 4 members (excludes halogenated alkanes) is 2. The predicted octanol–water partition coefficient (Wildman–Crippen LogP) is 2.54. The van der Waals surface area contributed by atoms with E-state index >= 15 is 0 Å². The molecule has 3 amide bonds. The van der Waals surface area contributed by atoms with E-state index in [2.05, 4.69) is 78.1 Å². The number of aliphatic carboxylic acids is 1. The number of likely N-dealkylation sites (tertiary alicyclic amines) is 1. The Morgan fingerprint density at radius 2 is 1.40 bits per heavy atom. The first-order valence-corrected chi connectivity index (χ1v) is 17.1. The van der Waals surface area contributed by atoms with Crippen LogP contribution in [0, 0.1) is 0 Å². The Hall–Kier alpha value is -3.52. The number of thioether (sulfide) groups is 1. The van der Waals surface area contributed by atoms with Crippen LogP contribution >= 0.6 is 19.0 Å². The van der Waals surface area contributed by atoms with Crippen molar-refractivity contribution in [3.63, 3.8) is 0 Å². The molecule has 220 valence electrons. The van der Waals surface area contributed by atoms with Crippen LogP contribution < -0.4 is 27.0 Å². The number of nitrogens with zero attached hydrogens (tertiary/aromatic N) is 1. The highest BCUT2D eigenvalue weighted by Crippen LogP contribution is 2.56. The number of benzene rings is 3. The van der Waals surface area contributed by atoms with Crippen LogP contribution in [0.3, 0.4) is 0 Å². The number of hydrogen-bond donors (Lipinski definition) is 3. The summed E-state index contributed by atoms with van der Waals surface area (Å²) in [6.45, 7) is -0.148. The lowest BCUT2D eigenvalue weighted by molar-refractivity contribution is -0.139. The summed E-state index contributed by atoms with van der Waals surface area (Å²) in [5, 5.41) is 14.4. The number of imide groups is 1. The van der Waals surface area contributed by atoms with E-state index in [1.165, 1.54) is 32.6 Å². The maximum atomic E-state index is 13.0. The minimum atomic E-state index is -1.92. The molecule has 0 radical (unpaired) electrons. The molecule has 8 nitrogen and oxygen atoms in total.